The van der Waals surface area contributed by atoms with Crippen molar-refractivity contribution in [2.75, 3.05) is 13.2 Å². The molecule has 8 atom stereocenters. The van der Waals surface area contributed by atoms with Crippen molar-refractivity contribution in [1.29, 1.82) is 0 Å². The number of aliphatic hydroxyl groups is 5. The molecule has 0 saturated heterocycles. The third-order valence-electron chi connectivity index (χ3n) is 13.1. The molecule has 0 aromatic heterocycles. The maximum absolute atomic E-state index is 12.9. The summed E-state index contributed by atoms with van der Waals surface area (Å²) in [6.45, 7) is 3.29. The first-order valence-corrected chi connectivity index (χ1v) is 29.9. The standard InChI is InChI=1S/C57H103O13P/c1-3-5-7-9-11-13-15-17-19-21-23-24-25-26-28-30-32-34-36-38-40-42-44-46-51(59)69-49(48-68-71(65,66)70-57-55(63)53(61)52(60)54(62)56(57)64)47-67-50(58)45-43-41-39-37-35-33-31-29-27-22-20-18-16-14-12-10-8-6-4-2/h12,14,18,20,30,32,38,40,49,52-57,60-64H,3-11,13,15-17,19,21-29,31,33-37,39,41-48H2,1-2H3,(H,65,66)/b14-12+,20-18+,32-30+,40-38+/t49-,52?,53-,54?,55?,56?,57?/m1/s1. The van der Waals surface area contributed by atoms with Gasteiger partial charge in [-0.15, -0.1) is 0 Å². The van der Waals surface area contributed by atoms with Crippen molar-refractivity contribution in [3.8, 4) is 0 Å². The summed E-state index contributed by atoms with van der Waals surface area (Å²) in [4.78, 5) is 35.9. The fraction of sp³-hybridized carbons (Fsp3) is 0.825. The molecule has 0 amide bonds. The smallest absolute Gasteiger partial charge is 0.462 e. The zero-order valence-corrected chi connectivity index (χ0v) is 45.4. The van der Waals surface area contributed by atoms with E-state index in [2.05, 4.69) is 56.4 Å². The molecule has 1 aliphatic carbocycles. The first-order chi connectivity index (χ1) is 34.4. The molecule has 0 aromatic carbocycles. The quantitative estimate of drug-likeness (QED) is 0.0145. The van der Waals surface area contributed by atoms with Gasteiger partial charge in [-0.1, -0.05) is 204 Å². The summed E-state index contributed by atoms with van der Waals surface area (Å²) >= 11 is 0. The predicted octanol–water partition coefficient (Wildman–Crippen LogP) is 13.1. The first-order valence-electron chi connectivity index (χ1n) is 28.4. The molecule has 1 fully saturated rings. The number of rotatable bonds is 48. The minimum atomic E-state index is -5.14. The Morgan fingerprint density at radius 3 is 1.27 bits per heavy atom. The number of hydrogen-bond acceptors (Lipinski definition) is 12. The van der Waals surface area contributed by atoms with Crippen LogP contribution in [0.15, 0.2) is 48.6 Å². The Morgan fingerprint density at radius 2 is 0.789 bits per heavy atom. The van der Waals surface area contributed by atoms with Crippen molar-refractivity contribution in [3.63, 3.8) is 0 Å². The summed E-state index contributed by atoms with van der Waals surface area (Å²) in [6, 6.07) is 0. The van der Waals surface area contributed by atoms with Crippen LogP contribution >= 0.6 is 7.82 Å². The van der Waals surface area contributed by atoms with Crippen LogP contribution in [0.4, 0.5) is 0 Å². The van der Waals surface area contributed by atoms with Crippen molar-refractivity contribution in [1.82, 2.24) is 0 Å². The van der Waals surface area contributed by atoms with Crippen molar-refractivity contribution < 1.29 is 63.1 Å². The van der Waals surface area contributed by atoms with Gasteiger partial charge in [-0.25, -0.2) is 4.57 Å². The van der Waals surface area contributed by atoms with E-state index in [4.69, 9.17) is 18.5 Å². The molecule has 1 saturated carbocycles. The number of phosphoric acid groups is 1. The SMILES string of the molecule is CCCCC/C=C/C/C=C/CCCCCCCCCCCC(=O)OC[C@H](COP(=O)(O)OC1C(O)C(O)C(O)[C@@H](O)C1O)OC(=O)CCC/C=C/CC/C=C/CCCCCCCCCCCCCCCC. The molecule has 6 unspecified atom stereocenters. The Hall–Kier alpha value is -2.19. The van der Waals surface area contributed by atoms with E-state index >= 15 is 0 Å². The molecule has 0 bridgehead atoms. The predicted molar refractivity (Wildman–Crippen MR) is 286 cm³/mol. The Morgan fingerprint density at radius 1 is 0.437 bits per heavy atom. The third kappa shape index (κ3) is 38.1. The van der Waals surface area contributed by atoms with E-state index in [1.165, 1.54) is 141 Å². The fourth-order valence-corrected chi connectivity index (χ4v) is 9.55. The van der Waals surface area contributed by atoms with Gasteiger partial charge < -0.3 is 39.9 Å². The van der Waals surface area contributed by atoms with Gasteiger partial charge in [0.1, 0.15) is 43.2 Å². The largest absolute Gasteiger partial charge is 0.472 e. The van der Waals surface area contributed by atoms with E-state index in [1.54, 1.807) is 0 Å². The molecule has 6 N–H and O–H groups in total. The van der Waals surface area contributed by atoms with Crippen molar-refractivity contribution >= 4 is 19.8 Å². The summed E-state index contributed by atoms with van der Waals surface area (Å²) in [5.74, 6) is -1.15. The number of esters is 2. The highest BCUT2D eigenvalue weighted by Crippen LogP contribution is 2.47. The van der Waals surface area contributed by atoms with Crippen LogP contribution in [0.1, 0.15) is 245 Å². The normalized spacial score (nSPS) is 21.0. The summed E-state index contributed by atoms with van der Waals surface area (Å²) < 4.78 is 33.7. The lowest BCUT2D eigenvalue weighted by Gasteiger charge is -2.41. The fourth-order valence-electron chi connectivity index (χ4n) is 8.57. The number of allylic oxidation sites excluding steroid dienone is 8. The van der Waals surface area contributed by atoms with Gasteiger partial charge in [0, 0.05) is 12.8 Å². The Labute approximate surface area is 431 Å². The number of carbonyl (C=O) groups is 2. The van der Waals surface area contributed by atoms with E-state index in [0.29, 0.717) is 19.3 Å². The number of ether oxygens (including phenoxy) is 2. The lowest BCUT2D eigenvalue weighted by Crippen LogP contribution is -2.64. The van der Waals surface area contributed by atoms with Gasteiger partial charge in [-0.05, 0) is 77.0 Å². The van der Waals surface area contributed by atoms with Crippen LogP contribution in [0.3, 0.4) is 0 Å². The minimum absolute atomic E-state index is 0.0361. The van der Waals surface area contributed by atoms with E-state index < -0.39 is 75.7 Å². The summed E-state index contributed by atoms with van der Waals surface area (Å²) in [5.41, 5.74) is 0. The van der Waals surface area contributed by atoms with E-state index in [-0.39, 0.29) is 12.8 Å². The van der Waals surface area contributed by atoms with Gasteiger partial charge >= 0.3 is 19.8 Å². The van der Waals surface area contributed by atoms with Crippen LogP contribution in [0.25, 0.3) is 0 Å². The Balaban J connectivity index is 2.37. The summed E-state index contributed by atoms with van der Waals surface area (Å²) in [7, 11) is -5.14. The number of phosphoric ester groups is 1. The number of carbonyl (C=O) groups excluding carboxylic acids is 2. The molecular weight excluding hydrogens is 924 g/mol. The Kier molecular flexibility index (Phi) is 43.6. The second kappa shape index (κ2) is 46.3. The molecule has 14 heteroatoms. The van der Waals surface area contributed by atoms with E-state index in [9.17, 15) is 44.6 Å². The Bertz CT molecular complexity index is 1420. The highest BCUT2D eigenvalue weighted by molar-refractivity contribution is 7.47. The maximum Gasteiger partial charge on any atom is 0.472 e. The third-order valence-corrected chi connectivity index (χ3v) is 14.1. The average Bonchev–Trinajstić information content (AvgIpc) is 3.35. The molecule has 0 aromatic rings. The van der Waals surface area contributed by atoms with Gasteiger partial charge in [0.15, 0.2) is 6.10 Å². The zero-order valence-electron chi connectivity index (χ0n) is 44.5. The molecule has 1 aliphatic rings. The number of hydrogen-bond donors (Lipinski definition) is 6. The topological polar surface area (TPSA) is 210 Å². The molecule has 71 heavy (non-hydrogen) atoms. The second-order valence-corrected chi connectivity index (χ2v) is 21.2. The molecular formula is C57H103O13P. The molecule has 414 valence electrons. The summed E-state index contributed by atoms with van der Waals surface area (Å²) in [5, 5.41) is 50.4. The van der Waals surface area contributed by atoms with E-state index in [1.807, 2.05) is 6.08 Å². The van der Waals surface area contributed by atoms with Gasteiger partial charge in [0.05, 0.1) is 6.61 Å². The van der Waals surface area contributed by atoms with E-state index in [0.717, 1.165) is 57.8 Å². The molecule has 0 spiro atoms. The van der Waals surface area contributed by atoms with Gasteiger partial charge in [0.2, 0.25) is 0 Å². The van der Waals surface area contributed by atoms with Crippen molar-refractivity contribution in [2.45, 2.75) is 288 Å². The monoisotopic (exact) mass is 1030 g/mol. The number of aliphatic hydroxyl groups excluding tert-OH is 5. The molecule has 1 rings (SSSR count). The lowest BCUT2D eigenvalue weighted by molar-refractivity contribution is -0.220. The molecule has 0 heterocycles. The lowest BCUT2D eigenvalue weighted by atomic mass is 9.85. The van der Waals surface area contributed by atoms with Gasteiger partial charge in [-0.3, -0.25) is 18.6 Å². The molecule has 0 radical (unpaired) electrons. The van der Waals surface area contributed by atoms with Crippen LogP contribution < -0.4 is 0 Å². The van der Waals surface area contributed by atoms with Gasteiger partial charge in [0.25, 0.3) is 0 Å². The van der Waals surface area contributed by atoms with Crippen LogP contribution in [-0.2, 0) is 32.7 Å². The van der Waals surface area contributed by atoms with Crippen LogP contribution in [-0.4, -0.2) is 98.3 Å². The van der Waals surface area contributed by atoms with Crippen molar-refractivity contribution in [3.05, 3.63) is 48.6 Å². The zero-order chi connectivity index (χ0) is 52.1. The molecule has 0 aliphatic heterocycles. The van der Waals surface area contributed by atoms with Crippen LogP contribution in [0.5, 0.6) is 0 Å². The number of unbranched alkanes of at least 4 members (excludes halogenated alkanes) is 28. The second-order valence-electron chi connectivity index (χ2n) is 19.8. The van der Waals surface area contributed by atoms with Crippen molar-refractivity contribution in [2.24, 2.45) is 0 Å². The van der Waals surface area contributed by atoms with Crippen LogP contribution in [0, 0.1) is 0 Å². The summed E-state index contributed by atoms with van der Waals surface area (Å²) in [6.07, 6.45) is 44.5. The highest BCUT2D eigenvalue weighted by atomic mass is 31.2. The maximum atomic E-state index is 12.9. The van der Waals surface area contributed by atoms with Crippen LogP contribution in [0.2, 0.25) is 0 Å². The average molecular weight is 1030 g/mol. The minimum Gasteiger partial charge on any atom is -0.462 e. The van der Waals surface area contributed by atoms with Gasteiger partial charge in [-0.2, -0.15) is 0 Å². The molecule has 13 nitrogen and oxygen atoms in total. The highest BCUT2D eigenvalue weighted by Gasteiger charge is 2.51. The first kappa shape index (κ1) is 66.8.